The van der Waals surface area contributed by atoms with Crippen LogP contribution in [0.15, 0.2) is 22.7 Å². The molecule has 18 heavy (non-hydrogen) atoms. The molecule has 2 heterocycles. The number of phenols is 1. The van der Waals surface area contributed by atoms with Crippen molar-refractivity contribution >= 4 is 0 Å². The predicted octanol–water partition coefficient (Wildman–Crippen LogP) is 2.01. The molecule has 1 unspecified atom stereocenters. The summed E-state index contributed by atoms with van der Waals surface area (Å²) in [5.41, 5.74) is 0.485. The molecule has 1 aliphatic rings. The number of aromatic hydroxyl groups is 1. The summed E-state index contributed by atoms with van der Waals surface area (Å²) >= 11 is 0. The number of rotatable bonds is 2. The molecule has 1 saturated heterocycles. The van der Waals surface area contributed by atoms with Crippen molar-refractivity contribution < 1.29 is 14.0 Å². The summed E-state index contributed by atoms with van der Waals surface area (Å²) in [6, 6.07) is 4.10. The van der Waals surface area contributed by atoms with Gasteiger partial charge in [0.25, 0.3) is 0 Å². The average Bonchev–Trinajstić information content (AvgIpc) is 3.01. The zero-order chi connectivity index (χ0) is 12.5. The fourth-order valence-corrected chi connectivity index (χ4v) is 2.04. The fourth-order valence-electron chi connectivity index (χ4n) is 2.04. The van der Waals surface area contributed by atoms with Crippen molar-refractivity contribution in [3.63, 3.8) is 0 Å². The molecule has 1 aliphatic heterocycles. The highest BCUT2D eigenvalue weighted by Gasteiger charge is 2.22. The highest BCUT2D eigenvalue weighted by atomic mass is 19.1. The molecule has 1 atom stereocenters. The Morgan fingerprint density at radius 2 is 2.33 bits per heavy atom. The third kappa shape index (κ3) is 1.95. The number of halogens is 1. The standard InChI is InChI=1S/C12H12FN3O2/c13-8-6-7(3-4-10(8)17)11-15-12(18-16-11)9-2-1-5-14-9/h3-4,6,9,14,17H,1-2,5H2. The van der Waals surface area contributed by atoms with Gasteiger partial charge in [0.05, 0.1) is 6.04 Å². The summed E-state index contributed by atoms with van der Waals surface area (Å²) in [5.74, 6) is -0.230. The second-order valence-electron chi connectivity index (χ2n) is 4.27. The van der Waals surface area contributed by atoms with Crippen LogP contribution in [-0.2, 0) is 0 Å². The van der Waals surface area contributed by atoms with Crippen LogP contribution in [0.5, 0.6) is 5.75 Å². The van der Waals surface area contributed by atoms with Crippen LogP contribution in [0, 0.1) is 5.82 Å². The van der Waals surface area contributed by atoms with E-state index >= 15 is 0 Å². The lowest BCUT2D eigenvalue weighted by Crippen LogP contribution is -2.12. The zero-order valence-electron chi connectivity index (χ0n) is 9.56. The highest BCUT2D eigenvalue weighted by molar-refractivity contribution is 5.55. The molecule has 94 valence electrons. The number of hydrogen-bond donors (Lipinski definition) is 2. The smallest absolute Gasteiger partial charge is 0.244 e. The first kappa shape index (κ1) is 11.2. The maximum atomic E-state index is 13.2. The second-order valence-corrected chi connectivity index (χ2v) is 4.27. The minimum Gasteiger partial charge on any atom is -0.505 e. The van der Waals surface area contributed by atoms with Crippen molar-refractivity contribution in [1.29, 1.82) is 0 Å². The van der Waals surface area contributed by atoms with Gasteiger partial charge in [0.1, 0.15) is 0 Å². The van der Waals surface area contributed by atoms with Gasteiger partial charge in [-0.3, -0.25) is 0 Å². The van der Waals surface area contributed by atoms with Gasteiger partial charge < -0.3 is 14.9 Å². The molecule has 0 spiro atoms. The molecule has 0 bridgehead atoms. The third-order valence-corrected chi connectivity index (χ3v) is 3.01. The van der Waals surface area contributed by atoms with Crippen LogP contribution in [0.4, 0.5) is 4.39 Å². The van der Waals surface area contributed by atoms with Crippen molar-refractivity contribution in [2.75, 3.05) is 6.54 Å². The summed E-state index contributed by atoms with van der Waals surface area (Å²) in [7, 11) is 0. The van der Waals surface area contributed by atoms with Gasteiger partial charge in [-0.2, -0.15) is 4.98 Å². The summed E-state index contributed by atoms with van der Waals surface area (Å²) < 4.78 is 18.4. The van der Waals surface area contributed by atoms with Crippen molar-refractivity contribution in [2.24, 2.45) is 0 Å². The van der Waals surface area contributed by atoms with Crippen molar-refractivity contribution in [3.05, 3.63) is 29.9 Å². The Kier molecular flexibility index (Phi) is 2.71. The van der Waals surface area contributed by atoms with Crippen LogP contribution in [-0.4, -0.2) is 21.8 Å². The molecule has 0 saturated carbocycles. The van der Waals surface area contributed by atoms with Crippen LogP contribution in [0.1, 0.15) is 24.8 Å². The predicted molar refractivity (Wildman–Crippen MR) is 61.3 cm³/mol. The van der Waals surface area contributed by atoms with Gasteiger partial charge in [0.15, 0.2) is 11.6 Å². The van der Waals surface area contributed by atoms with E-state index in [0.29, 0.717) is 17.3 Å². The van der Waals surface area contributed by atoms with Crippen molar-refractivity contribution in [2.45, 2.75) is 18.9 Å². The van der Waals surface area contributed by atoms with Gasteiger partial charge in [-0.25, -0.2) is 4.39 Å². The number of nitrogens with one attached hydrogen (secondary N) is 1. The molecule has 1 fully saturated rings. The molecule has 6 heteroatoms. The van der Waals surface area contributed by atoms with E-state index in [1.807, 2.05) is 0 Å². The SMILES string of the molecule is Oc1ccc(-c2noc(C3CCCN3)n2)cc1F. The summed E-state index contributed by atoms with van der Waals surface area (Å²) in [6.07, 6.45) is 2.04. The fraction of sp³-hybridized carbons (Fsp3) is 0.333. The Hall–Kier alpha value is -1.95. The minimum atomic E-state index is -0.696. The van der Waals surface area contributed by atoms with E-state index in [-0.39, 0.29) is 11.8 Å². The maximum Gasteiger partial charge on any atom is 0.244 e. The summed E-state index contributed by atoms with van der Waals surface area (Å²) in [5, 5.41) is 16.2. The first-order valence-corrected chi connectivity index (χ1v) is 5.80. The number of benzene rings is 1. The van der Waals surface area contributed by atoms with Crippen molar-refractivity contribution in [1.82, 2.24) is 15.5 Å². The molecular formula is C12H12FN3O2. The normalized spacial score (nSPS) is 19.3. The minimum absolute atomic E-state index is 0.0909. The van der Waals surface area contributed by atoms with E-state index in [4.69, 9.17) is 9.63 Å². The largest absolute Gasteiger partial charge is 0.505 e. The number of hydrogen-bond acceptors (Lipinski definition) is 5. The van der Waals surface area contributed by atoms with Gasteiger partial charge in [-0.1, -0.05) is 5.16 Å². The Morgan fingerprint density at radius 3 is 3.06 bits per heavy atom. The van der Waals surface area contributed by atoms with Crippen LogP contribution in [0.2, 0.25) is 0 Å². The van der Waals surface area contributed by atoms with Crippen LogP contribution >= 0.6 is 0 Å². The Bertz CT molecular complexity index is 564. The molecule has 2 aromatic rings. The highest BCUT2D eigenvalue weighted by Crippen LogP contribution is 2.26. The first-order valence-electron chi connectivity index (χ1n) is 5.80. The molecule has 3 rings (SSSR count). The molecule has 0 amide bonds. The van der Waals surface area contributed by atoms with Gasteiger partial charge in [0, 0.05) is 5.56 Å². The summed E-state index contributed by atoms with van der Waals surface area (Å²) in [6.45, 7) is 0.941. The van der Waals surface area contributed by atoms with E-state index < -0.39 is 5.82 Å². The van der Waals surface area contributed by atoms with Crippen LogP contribution in [0.3, 0.4) is 0 Å². The van der Waals surface area contributed by atoms with Gasteiger partial charge >= 0.3 is 0 Å². The number of aromatic nitrogens is 2. The van der Waals surface area contributed by atoms with Gasteiger partial charge in [-0.15, -0.1) is 0 Å². The Morgan fingerprint density at radius 1 is 1.44 bits per heavy atom. The molecule has 0 radical (unpaired) electrons. The van der Waals surface area contributed by atoms with E-state index in [9.17, 15) is 4.39 Å². The Balaban J connectivity index is 1.89. The maximum absolute atomic E-state index is 13.2. The molecule has 0 aliphatic carbocycles. The lowest BCUT2D eigenvalue weighted by atomic mass is 10.2. The molecule has 1 aromatic carbocycles. The van der Waals surface area contributed by atoms with Gasteiger partial charge in [0.2, 0.25) is 11.7 Å². The molecule has 1 aromatic heterocycles. The van der Waals surface area contributed by atoms with Crippen molar-refractivity contribution in [3.8, 4) is 17.1 Å². The van der Waals surface area contributed by atoms with E-state index in [1.165, 1.54) is 12.1 Å². The van der Waals surface area contributed by atoms with E-state index in [1.54, 1.807) is 6.07 Å². The molecular weight excluding hydrogens is 237 g/mol. The lowest BCUT2D eigenvalue weighted by molar-refractivity contribution is 0.345. The van der Waals surface area contributed by atoms with E-state index in [0.717, 1.165) is 19.4 Å². The van der Waals surface area contributed by atoms with E-state index in [2.05, 4.69) is 15.5 Å². The lowest BCUT2D eigenvalue weighted by Gasteiger charge is -2.01. The zero-order valence-corrected chi connectivity index (χ0v) is 9.56. The van der Waals surface area contributed by atoms with Gasteiger partial charge in [-0.05, 0) is 37.6 Å². The van der Waals surface area contributed by atoms with Crippen LogP contribution < -0.4 is 5.32 Å². The molecule has 2 N–H and O–H groups in total. The van der Waals surface area contributed by atoms with Crippen LogP contribution in [0.25, 0.3) is 11.4 Å². The Labute approximate surface area is 103 Å². The summed E-state index contributed by atoms with van der Waals surface area (Å²) in [4.78, 5) is 4.24. The molecule has 5 nitrogen and oxygen atoms in total. The first-order chi connectivity index (χ1) is 8.74. The number of nitrogens with zero attached hydrogens (tertiary/aromatic N) is 2. The third-order valence-electron chi connectivity index (χ3n) is 3.01. The topological polar surface area (TPSA) is 71.2 Å². The quantitative estimate of drug-likeness (QED) is 0.851. The second kappa shape index (κ2) is 4.38. The average molecular weight is 249 g/mol. The number of phenolic OH excluding ortho intramolecular Hbond substituents is 1. The monoisotopic (exact) mass is 249 g/mol.